The topological polar surface area (TPSA) is 125 Å². The van der Waals surface area contributed by atoms with Gasteiger partial charge in [-0.25, -0.2) is 0 Å². The monoisotopic (exact) mass is 431 g/mol. The van der Waals surface area contributed by atoms with Crippen molar-refractivity contribution in [3.8, 4) is 5.95 Å². The van der Waals surface area contributed by atoms with Crippen molar-refractivity contribution in [2.24, 2.45) is 5.73 Å². The van der Waals surface area contributed by atoms with Gasteiger partial charge in [0.2, 0.25) is 0 Å². The molecule has 0 aliphatic carbocycles. The van der Waals surface area contributed by atoms with Gasteiger partial charge < -0.3 is 26.0 Å². The summed E-state index contributed by atoms with van der Waals surface area (Å²) in [4.78, 5) is 6.62. The highest BCUT2D eigenvalue weighted by Crippen LogP contribution is 2.27. The molecule has 0 spiro atoms. The highest BCUT2D eigenvalue weighted by Gasteiger charge is 2.17. The lowest BCUT2D eigenvalue weighted by Crippen LogP contribution is -2.30. The predicted octanol–water partition coefficient (Wildman–Crippen LogP) is 0.941. The Bertz CT molecular complexity index is 1260. The SMILES string of the molecule is Cc1cc2c(CN)cccc2n1-c1nnc(N(C)C)c(NCc2cccc(B(O)O)c2)n1. The van der Waals surface area contributed by atoms with Crippen molar-refractivity contribution >= 4 is 35.1 Å². The average molecular weight is 431 g/mol. The Morgan fingerprint density at radius 1 is 1.09 bits per heavy atom. The second kappa shape index (κ2) is 8.95. The summed E-state index contributed by atoms with van der Waals surface area (Å²) in [6, 6.07) is 15.2. The van der Waals surface area contributed by atoms with Gasteiger partial charge in [-0.1, -0.05) is 36.4 Å². The number of aromatic nitrogens is 4. The van der Waals surface area contributed by atoms with E-state index in [1.165, 1.54) is 0 Å². The first-order chi connectivity index (χ1) is 15.4. The van der Waals surface area contributed by atoms with Crippen LogP contribution in [0.5, 0.6) is 0 Å². The standard InChI is InChI=1S/C22H26BN7O2/c1-14-10-18-16(12-24)7-5-9-19(18)30(14)22-26-20(21(27-28-22)29(2)3)25-13-15-6-4-8-17(11-15)23(31)32/h4-11,31-32H,12-13,24H2,1-3H3,(H,25,26,28). The van der Waals surface area contributed by atoms with E-state index in [0.29, 0.717) is 36.1 Å². The fourth-order valence-electron chi connectivity index (χ4n) is 3.74. The van der Waals surface area contributed by atoms with E-state index in [1.54, 1.807) is 18.2 Å². The van der Waals surface area contributed by atoms with Crippen LogP contribution in [-0.4, -0.2) is 51.0 Å². The maximum Gasteiger partial charge on any atom is 0.488 e. The van der Waals surface area contributed by atoms with Crippen LogP contribution in [0.2, 0.25) is 0 Å². The van der Waals surface area contributed by atoms with Crippen LogP contribution >= 0.6 is 0 Å². The van der Waals surface area contributed by atoms with E-state index in [-0.39, 0.29) is 0 Å². The fraction of sp³-hybridized carbons (Fsp3) is 0.227. The third kappa shape index (κ3) is 4.15. The molecule has 32 heavy (non-hydrogen) atoms. The molecule has 0 atom stereocenters. The molecule has 2 aromatic heterocycles. The minimum absolute atomic E-state index is 0.433. The second-order valence-electron chi connectivity index (χ2n) is 7.83. The number of benzene rings is 2. The normalized spacial score (nSPS) is 11.1. The first-order valence-corrected chi connectivity index (χ1v) is 10.3. The van der Waals surface area contributed by atoms with E-state index >= 15 is 0 Å². The number of hydrogen-bond donors (Lipinski definition) is 4. The van der Waals surface area contributed by atoms with E-state index < -0.39 is 7.12 Å². The van der Waals surface area contributed by atoms with E-state index in [4.69, 9.17) is 10.7 Å². The van der Waals surface area contributed by atoms with Gasteiger partial charge in [0.15, 0.2) is 11.6 Å². The quantitative estimate of drug-likeness (QED) is 0.319. The summed E-state index contributed by atoms with van der Waals surface area (Å²) in [6.07, 6.45) is 0. The Labute approximate surface area is 186 Å². The Morgan fingerprint density at radius 2 is 1.88 bits per heavy atom. The van der Waals surface area contributed by atoms with Crippen LogP contribution in [0.15, 0.2) is 48.5 Å². The zero-order valence-corrected chi connectivity index (χ0v) is 18.3. The van der Waals surface area contributed by atoms with Gasteiger partial charge in [0, 0.05) is 38.3 Å². The summed E-state index contributed by atoms with van der Waals surface area (Å²) in [5.41, 5.74) is 10.3. The van der Waals surface area contributed by atoms with Crippen LogP contribution in [0, 0.1) is 6.92 Å². The maximum absolute atomic E-state index is 9.43. The zero-order valence-electron chi connectivity index (χ0n) is 18.3. The number of rotatable bonds is 7. The molecule has 0 saturated carbocycles. The summed E-state index contributed by atoms with van der Waals surface area (Å²) in [5, 5.41) is 32.0. The van der Waals surface area contributed by atoms with Crippen LogP contribution < -0.4 is 21.4 Å². The van der Waals surface area contributed by atoms with Crippen molar-refractivity contribution in [3.63, 3.8) is 0 Å². The van der Waals surface area contributed by atoms with E-state index in [1.807, 2.05) is 54.8 Å². The summed E-state index contributed by atoms with van der Waals surface area (Å²) in [6.45, 7) is 2.89. The Balaban J connectivity index is 1.73. The Morgan fingerprint density at radius 3 is 2.59 bits per heavy atom. The smallest absolute Gasteiger partial charge is 0.423 e. The van der Waals surface area contributed by atoms with Crippen molar-refractivity contribution < 1.29 is 10.0 Å². The van der Waals surface area contributed by atoms with Crippen LogP contribution in [-0.2, 0) is 13.1 Å². The molecular weight excluding hydrogens is 405 g/mol. The number of nitrogens with one attached hydrogen (secondary N) is 1. The Kier molecular flexibility index (Phi) is 6.09. The van der Waals surface area contributed by atoms with Crippen molar-refractivity contribution in [1.29, 1.82) is 0 Å². The van der Waals surface area contributed by atoms with Crippen molar-refractivity contribution in [2.75, 3.05) is 24.3 Å². The van der Waals surface area contributed by atoms with E-state index in [0.717, 1.165) is 27.7 Å². The highest BCUT2D eigenvalue weighted by molar-refractivity contribution is 6.58. The minimum Gasteiger partial charge on any atom is -0.423 e. The number of hydrogen-bond acceptors (Lipinski definition) is 8. The molecule has 10 heteroatoms. The summed E-state index contributed by atoms with van der Waals surface area (Å²) in [7, 11) is 2.25. The molecule has 0 fully saturated rings. The molecule has 0 saturated heterocycles. The third-order valence-electron chi connectivity index (χ3n) is 5.33. The lowest BCUT2D eigenvalue weighted by Gasteiger charge is -2.17. The highest BCUT2D eigenvalue weighted by atomic mass is 16.4. The largest absolute Gasteiger partial charge is 0.488 e. The molecule has 2 heterocycles. The van der Waals surface area contributed by atoms with Crippen molar-refractivity contribution in [3.05, 3.63) is 65.4 Å². The maximum atomic E-state index is 9.43. The van der Waals surface area contributed by atoms with Crippen LogP contribution in [0.1, 0.15) is 16.8 Å². The van der Waals surface area contributed by atoms with Gasteiger partial charge in [-0.3, -0.25) is 4.57 Å². The fourth-order valence-corrected chi connectivity index (χ4v) is 3.74. The molecule has 2 aromatic carbocycles. The molecule has 5 N–H and O–H groups in total. The van der Waals surface area contributed by atoms with Gasteiger partial charge in [-0.05, 0) is 35.6 Å². The van der Waals surface area contributed by atoms with Crippen LogP contribution in [0.4, 0.5) is 11.6 Å². The number of aryl methyl sites for hydroxylation is 1. The van der Waals surface area contributed by atoms with Gasteiger partial charge >= 0.3 is 7.12 Å². The summed E-state index contributed by atoms with van der Waals surface area (Å²) in [5.74, 6) is 1.63. The summed E-state index contributed by atoms with van der Waals surface area (Å²) >= 11 is 0. The third-order valence-corrected chi connectivity index (χ3v) is 5.33. The average Bonchev–Trinajstić information content (AvgIpc) is 3.13. The molecule has 0 bridgehead atoms. The number of nitrogens with two attached hydrogens (primary N) is 1. The molecule has 0 aliphatic rings. The lowest BCUT2D eigenvalue weighted by atomic mass is 9.80. The predicted molar refractivity (Wildman–Crippen MR) is 127 cm³/mol. The molecule has 0 amide bonds. The first-order valence-electron chi connectivity index (χ1n) is 10.3. The lowest BCUT2D eigenvalue weighted by molar-refractivity contribution is 0.425. The molecule has 164 valence electrons. The van der Waals surface area contributed by atoms with Crippen LogP contribution in [0.25, 0.3) is 16.9 Å². The molecule has 4 aromatic rings. The minimum atomic E-state index is -1.51. The molecule has 9 nitrogen and oxygen atoms in total. The summed E-state index contributed by atoms with van der Waals surface area (Å²) < 4.78 is 1.97. The van der Waals surface area contributed by atoms with E-state index in [9.17, 15) is 10.0 Å². The van der Waals surface area contributed by atoms with Crippen molar-refractivity contribution in [1.82, 2.24) is 19.7 Å². The molecule has 0 radical (unpaired) electrons. The van der Waals surface area contributed by atoms with Gasteiger partial charge in [0.25, 0.3) is 5.95 Å². The van der Waals surface area contributed by atoms with Gasteiger partial charge in [-0.15, -0.1) is 10.2 Å². The van der Waals surface area contributed by atoms with Crippen LogP contribution in [0.3, 0.4) is 0 Å². The van der Waals surface area contributed by atoms with Gasteiger partial charge in [0.05, 0.1) is 5.52 Å². The molecular formula is C22H26BN7O2. The zero-order chi connectivity index (χ0) is 22.8. The Hall–Kier alpha value is -3.47. The first kappa shape index (κ1) is 21.8. The van der Waals surface area contributed by atoms with Gasteiger partial charge in [-0.2, -0.15) is 4.98 Å². The molecule has 4 rings (SSSR count). The van der Waals surface area contributed by atoms with Gasteiger partial charge in [0.1, 0.15) is 0 Å². The second-order valence-corrected chi connectivity index (χ2v) is 7.83. The number of fused-ring (bicyclic) bond motifs is 1. The molecule has 0 aliphatic heterocycles. The number of nitrogens with zero attached hydrogens (tertiary/aromatic N) is 5. The van der Waals surface area contributed by atoms with E-state index in [2.05, 4.69) is 21.6 Å². The van der Waals surface area contributed by atoms with Crippen molar-refractivity contribution in [2.45, 2.75) is 20.0 Å². The molecule has 0 unspecified atom stereocenters. The number of anilines is 2.